The number of ether oxygens (including phenoxy) is 2. The van der Waals surface area contributed by atoms with E-state index >= 15 is 0 Å². The third kappa shape index (κ3) is 5.27. The van der Waals surface area contributed by atoms with E-state index in [4.69, 9.17) is 9.47 Å². The minimum absolute atomic E-state index is 0.113. The first kappa shape index (κ1) is 21.3. The molecule has 0 spiro atoms. The van der Waals surface area contributed by atoms with Gasteiger partial charge in [-0.25, -0.2) is 8.42 Å². The standard InChI is InChI=1S/C19H26BrNO4S/c1-14-5-9-17(10-6-14)26(22,23)21(13-19(24-3)25-4)12-16-8-7-15(2)18(20)11-16/h5,7-11,14,19H,6,12-13H2,1-4H3. The van der Waals surface area contributed by atoms with E-state index in [1.165, 1.54) is 18.5 Å². The monoisotopic (exact) mass is 443 g/mol. The first-order chi connectivity index (χ1) is 12.3. The molecule has 0 saturated heterocycles. The van der Waals surface area contributed by atoms with Gasteiger partial charge in [0, 0.05) is 25.2 Å². The zero-order chi connectivity index (χ0) is 19.3. The molecule has 0 aliphatic heterocycles. The van der Waals surface area contributed by atoms with Gasteiger partial charge in [0.2, 0.25) is 10.0 Å². The number of methoxy groups -OCH3 is 2. The molecular formula is C19H26BrNO4S. The van der Waals surface area contributed by atoms with Gasteiger partial charge in [0.15, 0.2) is 6.29 Å². The first-order valence-corrected chi connectivity index (χ1v) is 10.7. The van der Waals surface area contributed by atoms with Gasteiger partial charge < -0.3 is 9.47 Å². The van der Waals surface area contributed by atoms with Crippen molar-refractivity contribution in [3.8, 4) is 0 Å². The Balaban J connectivity index is 2.33. The fraction of sp³-hybridized carbons (Fsp3) is 0.474. The van der Waals surface area contributed by atoms with Crippen molar-refractivity contribution in [2.45, 2.75) is 33.1 Å². The van der Waals surface area contributed by atoms with Crippen LogP contribution in [0, 0.1) is 12.8 Å². The lowest BCUT2D eigenvalue weighted by Gasteiger charge is -2.27. The number of allylic oxidation sites excluding steroid dienone is 3. The van der Waals surface area contributed by atoms with E-state index < -0.39 is 16.3 Å². The number of aryl methyl sites for hydroxylation is 1. The van der Waals surface area contributed by atoms with Crippen LogP contribution < -0.4 is 0 Å². The number of sulfonamides is 1. The zero-order valence-corrected chi connectivity index (χ0v) is 18.0. The van der Waals surface area contributed by atoms with Crippen molar-refractivity contribution in [3.63, 3.8) is 0 Å². The number of benzene rings is 1. The highest BCUT2D eigenvalue weighted by Gasteiger charge is 2.29. The van der Waals surface area contributed by atoms with E-state index in [2.05, 4.69) is 22.9 Å². The van der Waals surface area contributed by atoms with Gasteiger partial charge >= 0.3 is 0 Å². The Kier molecular flexibility index (Phi) is 7.61. The molecule has 1 aliphatic rings. The second-order valence-corrected chi connectivity index (χ2v) is 9.25. The largest absolute Gasteiger partial charge is 0.354 e. The molecule has 0 heterocycles. The molecule has 1 aliphatic carbocycles. The van der Waals surface area contributed by atoms with Gasteiger partial charge in [-0.15, -0.1) is 0 Å². The van der Waals surface area contributed by atoms with Gasteiger partial charge in [0.1, 0.15) is 0 Å². The molecular weight excluding hydrogens is 418 g/mol. The van der Waals surface area contributed by atoms with Crippen LogP contribution in [0.2, 0.25) is 0 Å². The van der Waals surface area contributed by atoms with E-state index in [0.717, 1.165) is 15.6 Å². The summed E-state index contributed by atoms with van der Waals surface area (Å²) in [5, 5.41) is 0. The Morgan fingerprint density at radius 3 is 2.54 bits per heavy atom. The molecule has 2 rings (SSSR count). The number of halogens is 1. The van der Waals surface area contributed by atoms with Crippen molar-refractivity contribution in [2.75, 3.05) is 20.8 Å². The Morgan fingerprint density at radius 1 is 1.31 bits per heavy atom. The lowest BCUT2D eigenvalue weighted by Crippen LogP contribution is -2.39. The predicted molar refractivity (Wildman–Crippen MR) is 107 cm³/mol. The molecule has 0 radical (unpaired) electrons. The van der Waals surface area contributed by atoms with E-state index in [-0.39, 0.29) is 13.1 Å². The second-order valence-electron chi connectivity index (χ2n) is 6.46. The van der Waals surface area contributed by atoms with Gasteiger partial charge in [0.25, 0.3) is 0 Å². The van der Waals surface area contributed by atoms with Crippen LogP contribution >= 0.6 is 15.9 Å². The average Bonchev–Trinajstić information content (AvgIpc) is 2.61. The van der Waals surface area contributed by atoms with Gasteiger partial charge in [-0.3, -0.25) is 0 Å². The molecule has 1 aromatic carbocycles. The molecule has 144 valence electrons. The maximum atomic E-state index is 13.2. The highest BCUT2D eigenvalue weighted by Crippen LogP contribution is 2.26. The number of nitrogens with zero attached hydrogens (tertiary/aromatic N) is 1. The van der Waals surface area contributed by atoms with Gasteiger partial charge in [-0.2, -0.15) is 4.31 Å². The highest BCUT2D eigenvalue weighted by atomic mass is 79.9. The molecule has 0 N–H and O–H groups in total. The maximum absolute atomic E-state index is 13.2. The quantitative estimate of drug-likeness (QED) is 0.569. The molecule has 1 atom stereocenters. The van der Waals surface area contributed by atoms with Crippen LogP contribution in [0.15, 0.2) is 45.8 Å². The first-order valence-electron chi connectivity index (χ1n) is 8.47. The van der Waals surface area contributed by atoms with Crippen LogP contribution in [0.3, 0.4) is 0 Å². The van der Waals surface area contributed by atoms with Gasteiger partial charge in [-0.1, -0.05) is 47.1 Å². The Bertz CT molecular complexity index is 785. The van der Waals surface area contributed by atoms with Crippen molar-refractivity contribution in [2.24, 2.45) is 5.92 Å². The average molecular weight is 444 g/mol. The number of hydrogen-bond acceptors (Lipinski definition) is 4. The maximum Gasteiger partial charge on any atom is 0.243 e. The third-order valence-electron chi connectivity index (χ3n) is 4.39. The van der Waals surface area contributed by atoms with E-state index in [9.17, 15) is 8.42 Å². The summed E-state index contributed by atoms with van der Waals surface area (Å²) in [5.74, 6) is 0.348. The molecule has 0 amide bonds. The normalized spacial score (nSPS) is 17.8. The summed E-state index contributed by atoms with van der Waals surface area (Å²) in [6.07, 6.45) is 5.48. The van der Waals surface area contributed by atoms with Crippen LogP contribution in [0.25, 0.3) is 0 Å². The molecule has 7 heteroatoms. The van der Waals surface area contributed by atoms with E-state index in [0.29, 0.717) is 17.2 Å². The Hall–Kier alpha value is -0.990. The molecule has 1 aromatic rings. The van der Waals surface area contributed by atoms with Gasteiger partial charge in [0.05, 0.1) is 11.4 Å². The summed E-state index contributed by atoms with van der Waals surface area (Å²) in [5.41, 5.74) is 1.99. The van der Waals surface area contributed by atoms with Gasteiger partial charge in [-0.05, 0) is 42.5 Å². The molecule has 26 heavy (non-hydrogen) atoms. The van der Waals surface area contributed by atoms with Crippen LogP contribution in [0.4, 0.5) is 0 Å². The molecule has 1 unspecified atom stereocenters. The zero-order valence-electron chi connectivity index (χ0n) is 15.6. The summed E-state index contributed by atoms with van der Waals surface area (Å²) < 4.78 is 39.2. The van der Waals surface area contributed by atoms with Crippen molar-refractivity contribution < 1.29 is 17.9 Å². The van der Waals surface area contributed by atoms with E-state index in [1.54, 1.807) is 12.2 Å². The van der Waals surface area contributed by atoms with E-state index in [1.807, 2.05) is 31.2 Å². The Morgan fingerprint density at radius 2 is 2.00 bits per heavy atom. The highest BCUT2D eigenvalue weighted by molar-refractivity contribution is 9.10. The Labute approximate surface area is 164 Å². The number of rotatable bonds is 8. The second kappa shape index (κ2) is 9.28. The molecule has 0 saturated carbocycles. The predicted octanol–water partition coefficient (Wildman–Crippen LogP) is 3.99. The molecule has 0 fully saturated rings. The summed E-state index contributed by atoms with van der Waals surface area (Å²) >= 11 is 3.51. The van der Waals surface area contributed by atoms with Crippen LogP contribution in [0.5, 0.6) is 0 Å². The fourth-order valence-electron chi connectivity index (χ4n) is 2.65. The van der Waals surface area contributed by atoms with Crippen molar-refractivity contribution in [1.29, 1.82) is 0 Å². The van der Waals surface area contributed by atoms with Crippen LogP contribution in [0.1, 0.15) is 24.5 Å². The summed E-state index contributed by atoms with van der Waals surface area (Å²) in [7, 11) is -0.646. The summed E-state index contributed by atoms with van der Waals surface area (Å²) in [6.45, 7) is 4.41. The molecule has 0 bridgehead atoms. The van der Waals surface area contributed by atoms with Crippen LogP contribution in [-0.4, -0.2) is 39.8 Å². The fourth-order valence-corrected chi connectivity index (χ4v) is 4.56. The lowest BCUT2D eigenvalue weighted by atomic mass is 10.0. The molecule has 5 nitrogen and oxygen atoms in total. The molecule has 0 aromatic heterocycles. The topological polar surface area (TPSA) is 55.8 Å². The lowest BCUT2D eigenvalue weighted by molar-refractivity contribution is -0.108. The smallest absolute Gasteiger partial charge is 0.243 e. The van der Waals surface area contributed by atoms with Crippen molar-refractivity contribution in [3.05, 3.63) is 56.9 Å². The minimum Gasteiger partial charge on any atom is -0.354 e. The SMILES string of the molecule is COC(CN(Cc1ccc(C)c(Br)c1)S(=O)(=O)C1=CCC(C)C=C1)OC. The third-order valence-corrected chi connectivity index (χ3v) is 7.10. The number of hydrogen-bond donors (Lipinski definition) is 0. The van der Waals surface area contributed by atoms with Crippen LogP contribution in [-0.2, 0) is 26.0 Å². The summed E-state index contributed by atoms with van der Waals surface area (Å²) in [6, 6.07) is 5.85. The summed E-state index contributed by atoms with van der Waals surface area (Å²) in [4.78, 5) is 0.327. The van der Waals surface area contributed by atoms with Crippen molar-refractivity contribution >= 4 is 26.0 Å². The van der Waals surface area contributed by atoms with Crippen molar-refractivity contribution in [1.82, 2.24) is 4.31 Å². The minimum atomic E-state index is -3.65.